The fourth-order valence-electron chi connectivity index (χ4n) is 9.42. The highest BCUT2D eigenvalue weighted by atomic mass is 16.2. The fraction of sp³-hybridized carbons (Fsp3) is 0.780. The molecular weight excluding hydrogens is 568 g/mol. The summed E-state index contributed by atoms with van der Waals surface area (Å²) in [5.74, 6) is 0.582. The van der Waals surface area contributed by atoms with Crippen molar-refractivity contribution < 1.29 is 14.4 Å². The first-order chi connectivity index (χ1) is 22.3. The van der Waals surface area contributed by atoms with Gasteiger partial charge in [0.2, 0.25) is 5.91 Å². The van der Waals surface area contributed by atoms with Crippen molar-refractivity contribution in [1.29, 1.82) is 0 Å². The summed E-state index contributed by atoms with van der Waals surface area (Å²) in [7, 11) is 0. The van der Waals surface area contributed by atoms with Crippen molar-refractivity contribution in [1.82, 2.24) is 10.2 Å². The van der Waals surface area contributed by atoms with E-state index in [2.05, 4.69) is 57.0 Å². The van der Waals surface area contributed by atoms with Crippen LogP contribution in [-0.2, 0) is 16.0 Å². The lowest BCUT2D eigenvalue weighted by Gasteiger charge is -2.58. The summed E-state index contributed by atoms with van der Waals surface area (Å²) in [4.78, 5) is 45.9. The van der Waals surface area contributed by atoms with Crippen molar-refractivity contribution in [2.24, 2.45) is 11.8 Å². The number of nitrogens with zero attached hydrogens (tertiary/aromatic N) is 1. The van der Waals surface area contributed by atoms with E-state index in [1.807, 2.05) is 12.1 Å². The van der Waals surface area contributed by atoms with E-state index in [-0.39, 0.29) is 41.4 Å². The first-order valence-corrected chi connectivity index (χ1v) is 19.6. The molecule has 0 bridgehead atoms. The van der Waals surface area contributed by atoms with Crippen molar-refractivity contribution in [3.05, 3.63) is 35.4 Å². The summed E-state index contributed by atoms with van der Waals surface area (Å²) >= 11 is 0. The van der Waals surface area contributed by atoms with Gasteiger partial charge in [-0.3, -0.25) is 14.4 Å². The number of hydrogen-bond acceptors (Lipinski definition) is 4. The molecule has 0 aromatic heterocycles. The highest BCUT2D eigenvalue weighted by molar-refractivity contribution is 6.03. The summed E-state index contributed by atoms with van der Waals surface area (Å²) in [6, 6.07) is 8.45. The molecule has 2 aliphatic carbocycles. The molecule has 0 spiro atoms. The Morgan fingerprint density at radius 3 is 2.00 bits per heavy atom. The van der Waals surface area contributed by atoms with Crippen LogP contribution in [0.4, 0.5) is 0 Å². The van der Waals surface area contributed by atoms with Crippen LogP contribution >= 0.6 is 0 Å². The predicted octanol–water partition coefficient (Wildman–Crippen LogP) is 9.79. The lowest BCUT2D eigenvalue weighted by molar-refractivity contribution is -0.179. The zero-order valence-electron chi connectivity index (χ0n) is 30.1. The SMILES string of the molecule is CCCCc1ccc(C(=O)C(CC)(CCC)N[C@H]2CCCCCC[C@H]2C(=O)C(CC)(CCC)N2C(=O)[C@@H]3CCCCCC[C@@H]32)cc1. The number of nitrogens with one attached hydrogen (secondary N) is 1. The summed E-state index contributed by atoms with van der Waals surface area (Å²) in [6.07, 6.45) is 20.9. The van der Waals surface area contributed by atoms with Crippen molar-refractivity contribution in [3.8, 4) is 0 Å². The summed E-state index contributed by atoms with van der Waals surface area (Å²) in [6.45, 7) is 10.8. The highest BCUT2D eigenvalue weighted by Gasteiger charge is 2.59. The summed E-state index contributed by atoms with van der Waals surface area (Å²) in [5, 5.41) is 3.99. The minimum Gasteiger partial charge on any atom is -0.326 e. The second kappa shape index (κ2) is 17.4. The van der Waals surface area contributed by atoms with E-state index in [0.717, 1.165) is 108 Å². The molecule has 3 aliphatic rings. The Labute approximate surface area is 281 Å². The Hall–Kier alpha value is -2.01. The third kappa shape index (κ3) is 7.82. The van der Waals surface area contributed by atoms with Crippen LogP contribution in [0.15, 0.2) is 24.3 Å². The topological polar surface area (TPSA) is 66.5 Å². The van der Waals surface area contributed by atoms with E-state index in [9.17, 15) is 9.59 Å². The first-order valence-electron chi connectivity index (χ1n) is 19.6. The molecule has 1 heterocycles. The Balaban J connectivity index is 1.67. The standard InChI is InChI=1S/C41H66N2O3/c1-6-11-20-31-25-27-32(28-26-31)37(44)40(9-4,29-7-2)42-35-23-18-14-12-16-21-33(35)38(45)41(10-5,30-8-3)43-36-24-19-15-13-17-22-34(36)39(43)46/h25-28,33-36,42H,6-24,29-30H2,1-5H3/t33-,34-,35+,36+,40?,41?/m1/s1. The molecule has 5 nitrogen and oxygen atoms in total. The van der Waals surface area contributed by atoms with Crippen LogP contribution in [0.5, 0.6) is 0 Å². The van der Waals surface area contributed by atoms with Gasteiger partial charge < -0.3 is 10.2 Å². The van der Waals surface area contributed by atoms with Crippen LogP contribution in [0.1, 0.15) is 179 Å². The van der Waals surface area contributed by atoms with Gasteiger partial charge in [0.1, 0.15) is 5.54 Å². The average molecular weight is 635 g/mol. The number of carbonyl (C=O) groups excluding carboxylic acids is 3. The monoisotopic (exact) mass is 635 g/mol. The Bertz CT molecular complexity index is 1130. The number of amides is 1. The van der Waals surface area contributed by atoms with Gasteiger partial charge in [0.15, 0.2) is 11.6 Å². The normalized spacial score (nSPS) is 26.7. The Morgan fingerprint density at radius 1 is 0.761 bits per heavy atom. The van der Waals surface area contributed by atoms with Gasteiger partial charge in [0.25, 0.3) is 0 Å². The van der Waals surface area contributed by atoms with Crippen LogP contribution < -0.4 is 5.32 Å². The Kier molecular flexibility index (Phi) is 13.9. The third-order valence-electron chi connectivity index (χ3n) is 12.1. The molecule has 46 heavy (non-hydrogen) atoms. The van der Waals surface area contributed by atoms with Gasteiger partial charge in [-0.1, -0.05) is 130 Å². The zero-order chi connectivity index (χ0) is 33.2. The molecular formula is C41H66N2O3. The second-order valence-electron chi connectivity index (χ2n) is 15.0. The number of rotatable bonds is 16. The zero-order valence-corrected chi connectivity index (χ0v) is 30.1. The van der Waals surface area contributed by atoms with E-state index in [0.29, 0.717) is 12.8 Å². The van der Waals surface area contributed by atoms with Crippen molar-refractivity contribution in [3.63, 3.8) is 0 Å². The third-order valence-corrected chi connectivity index (χ3v) is 12.1. The van der Waals surface area contributed by atoms with Crippen molar-refractivity contribution in [2.45, 2.75) is 193 Å². The molecule has 1 aromatic carbocycles. The fourth-order valence-corrected chi connectivity index (χ4v) is 9.42. The van der Waals surface area contributed by atoms with Gasteiger partial charge in [0, 0.05) is 23.6 Å². The quantitative estimate of drug-likeness (QED) is 0.145. The number of β-lactam (4-membered cyclic amide) rings is 1. The number of aryl methyl sites for hydroxylation is 1. The largest absolute Gasteiger partial charge is 0.326 e. The van der Waals surface area contributed by atoms with Crippen molar-refractivity contribution >= 4 is 17.5 Å². The molecule has 2 saturated carbocycles. The lowest BCUT2D eigenvalue weighted by Crippen LogP contribution is -2.73. The lowest BCUT2D eigenvalue weighted by atomic mass is 9.67. The van der Waals surface area contributed by atoms with Crippen LogP contribution in [0.25, 0.3) is 0 Å². The molecule has 2 unspecified atom stereocenters. The maximum absolute atomic E-state index is 15.3. The molecule has 5 heteroatoms. The number of benzene rings is 1. The number of ketones is 2. The van der Waals surface area contributed by atoms with Crippen LogP contribution in [0.2, 0.25) is 0 Å². The maximum Gasteiger partial charge on any atom is 0.228 e. The van der Waals surface area contributed by atoms with Gasteiger partial charge in [-0.05, 0) is 69.8 Å². The van der Waals surface area contributed by atoms with Crippen LogP contribution in [0, 0.1) is 11.8 Å². The van der Waals surface area contributed by atoms with Gasteiger partial charge in [-0.25, -0.2) is 0 Å². The molecule has 1 saturated heterocycles. The first kappa shape index (κ1) is 36.8. The number of hydrogen-bond donors (Lipinski definition) is 1. The highest BCUT2D eigenvalue weighted by Crippen LogP contribution is 2.46. The van der Waals surface area contributed by atoms with Crippen LogP contribution in [0.3, 0.4) is 0 Å². The van der Waals surface area contributed by atoms with Gasteiger partial charge in [0.05, 0.1) is 11.5 Å². The van der Waals surface area contributed by atoms with E-state index in [4.69, 9.17) is 0 Å². The molecule has 258 valence electrons. The van der Waals surface area contributed by atoms with E-state index < -0.39 is 11.1 Å². The number of unbranched alkanes of at least 4 members (excludes halogenated alkanes) is 1. The molecule has 6 atom stereocenters. The van der Waals surface area contributed by atoms with E-state index in [1.54, 1.807) is 0 Å². The smallest absolute Gasteiger partial charge is 0.228 e. The summed E-state index contributed by atoms with van der Waals surface area (Å²) in [5.41, 5.74) is 0.605. The minimum atomic E-state index is -0.742. The molecule has 1 amide bonds. The van der Waals surface area contributed by atoms with Gasteiger partial charge >= 0.3 is 0 Å². The Morgan fingerprint density at radius 2 is 1.39 bits per heavy atom. The number of carbonyl (C=O) groups is 3. The maximum atomic E-state index is 15.3. The molecule has 1 aliphatic heterocycles. The predicted molar refractivity (Wildman–Crippen MR) is 190 cm³/mol. The number of Topliss-reactive ketones (excluding diaryl/α,β-unsaturated/α-hetero) is 2. The summed E-state index contributed by atoms with van der Waals surface area (Å²) < 4.78 is 0. The molecule has 1 N–H and O–H groups in total. The van der Waals surface area contributed by atoms with Gasteiger partial charge in [-0.2, -0.15) is 0 Å². The van der Waals surface area contributed by atoms with Gasteiger partial charge in [-0.15, -0.1) is 0 Å². The number of likely N-dealkylation sites (tertiary alicyclic amines) is 1. The molecule has 3 fully saturated rings. The average Bonchev–Trinajstić information content (AvgIpc) is 3.05. The molecule has 0 radical (unpaired) electrons. The molecule has 1 aromatic rings. The van der Waals surface area contributed by atoms with E-state index >= 15 is 4.79 Å². The van der Waals surface area contributed by atoms with Crippen molar-refractivity contribution in [2.75, 3.05) is 0 Å². The molecule has 4 rings (SSSR count). The number of fused-ring (bicyclic) bond motifs is 1. The minimum absolute atomic E-state index is 0.0700. The van der Waals surface area contributed by atoms with E-state index in [1.165, 1.54) is 24.8 Å². The van der Waals surface area contributed by atoms with Crippen LogP contribution in [-0.4, -0.2) is 45.5 Å². The second-order valence-corrected chi connectivity index (χ2v) is 15.0.